The molecule has 1 N–H and O–H groups in total. The van der Waals surface area contributed by atoms with E-state index < -0.39 is 0 Å². The molecule has 0 fully saturated rings. The van der Waals surface area contributed by atoms with E-state index in [1.54, 1.807) is 0 Å². The average Bonchev–Trinajstić information content (AvgIpc) is 2.26. The van der Waals surface area contributed by atoms with E-state index in [0.717, 1.165) is 34.1 Å². The third-order valence-electron chi connectivity index (χ3n) is 2.51. The van der Waals surface area contributed by atoms with E-state index >= 15 is 0 Å². The zero-order chi connectivity index (χ0) is 12.8. The molecule has 0 aliphatic carbocycles. The number of benzene rings is 1. The number of nitrogens with one attached hydrogen (secondary N) is 1. The fourth-order valence-corrected chi connectivity index (χ4v) is 2.04. The molecule has 0 atom stereocenters. The minimum Gasteiger partial charge on any atom is -0.326 e. The van der Waals surface area contributed by atoms with Gasteiger partial charge in [0, 0.05) is 22.5 Å². The lowest BCUT2D eigenvalue weighted by Crippen LogP contribution is -2.11. The van der Waals surface area contributed by atoms with Crippen LogP contribution in [0, 0.1) is 13.8 Å². The molecule has 94 valence electrons. The van der Waals surface area contributed by atoms with E-state index in [0.29, 0.717) is 12.3 Å². The molecule has 0 saturated heterocycles. The van der Waals surface area contributed by atoms with Crippen LogP contribution in [-0.2, 0) is 4.79 Å². The van der Waals surface area contributed by atoms with Crippen molar-refractivity contribution in [1.29, 1.82) is 0 Å². The quantitative estimate of drug-likeness (QED) is 0.632. The number of unbranched alkanes of at least 4 members (excludes halogenated alkanes) is 1. The minimum absolute atomic E-state index is 0.0521. The Bertz CT molecular complexity index is 383. The number of hydrogen-bond acceptors (Lipinski definition) is 1. The van der Waals surface area contributed by atoms with Crippen LogP contribution in [0.5, 0.6) is 0 Å². The molecule has 0 spiro atoms. The molecular formula is C13H17BrClNO. The smallest absolute Gasteiger partial charge is 0.224 e. The van der Waals surface area contributed by atoms with Gasteiger partial charge in [-0.25, -0.2) is 0 Å². The first-order valence-corrected chi connectivity index (χ1v) is 7.00. The van der Waals surface area contributed by atoms with Crippen LogP contribution >= 0.6 is 27.5 Å². The second-order valence-corrected chi connectivity index (χ2v) is 5.29. The van der Waals surface area contributed by atoms with Gasteiger partial charge in [-0.3, -0.25) is 4.79 Å². The maximum atomic E-state index is 11.6. The van der Waals surface area contributed by atoms with Crippen LogP contribution in [0.4, 0.5) is 5.69 Å². The molecule has 4 heteroatoms. The van der Waals surface area contributed by atoms with Crippen molar-refractivity contribution in [3.05, 3.63) is 27.7 Å². The second kappa shape index (κ2) is 7.02. The lowest BCUT2D eigenvalue weighted by atomic mass is 10.1. The van der Waals surface area contributed by atoms with Crippen LogP contribution in [-0.4, -0.2) is 11.8 Å². The zero-order valence-electron chi connectivity index (χ0n) is 10.1. The third kappa shape index (κ3) is 4.68. The summed E-state index contributed by atoms with van der Waals surface area (Å²) in [5, 5.41) is 2.91. The van der Waals surface area contributed by atoms with Crippen LogP contribution in [0.25, 0.3) is 0 Å². The Labute approximate surface area is 116 Å². The number of rotatable bonds is 5. The number of hydrogen-bond donors (Lipinski definition) is 1. The lowest BCUT2D eigenvalue weighted by Gasteiger charge is -2.09. The molecule has 1 amide bonds. The molecule has 0 heterocycles. The summed E-state index contributed by atoms with van der Waals surface area (Å²) in [6.07, 6.45) is 2.25. The van der Waals surface area contributed by atoms with Crippen LogP contribution < -0.4 is 5.32 Å². The van der Waals surface area contributed by atoms with Crippen molar-refractivity contribution in [2.24, 2.45) is 0 Å². The summed E-state index contributed by atoms with van der Waals surface area (Å²) in [6, 6.07) is 3.94. The van der Waals surface area contributed by atoms with Crippen molar-refractivity contribution >= 4 is 39.1 Å². The Hall–Kier alpha value is -0.540. The van der Waals surface area contributed by atoms with Crippen molar-refractivity contribution in [3.8, 4) is 0 Å². The fraction of sp³-hybridized carbons (Fsp3) is 0.462. The maximum Gasteiger partial charge on any atom is 0.224 e. The number of amides is 1. The number of carbonyl (C=O) groups is 1. The van der Waals surface area contributed by atoms with Crippen LogP contribution in [0.2, 0.25) is 0 Å². The van der Waals surface area contributed by atoms with Crippen molar-refractivity contribution < 1.29 is 4.79 Å². The highest BCUT2D eigenvalue weighted by Gasteiger charge is 2.05. The van der Waals surface area contributed by atoms with E-state index in [9.17, 15) is 4.79 Å². The molecule has 0 radical (unpaired) electrons. The summed E-state index contributed by atoms with van der Waals surface area (Å²) in [6.45, 7) is 4.03. The molecule has 1 aromatic carbocycles. The van der Waals surface area contributed by atoms with Gasteiger partial charge in [0.05, 0.1) is 0 Å². The number of aryl methyl sites for hydroxylation is 2. The SMILES string of the molecule is Cc1cc(NC(=O)CCCCCl)cc(C)c1Br. The van der Waals surface area contributed by atoms with E-state index in [1.165, 1.54) is 0 Å². The molecular weight excluding hydrogens is 302 g/mol. The molecule has 0 saturated carbocycles. The van der Waals surface area contributed by atoms with Crippen LogP contribution in [0.3, 0.4) is 0 Å². The monoisotopic (exact) mass is 317 g/mol. The molecule has 2 nitrogen and oxygen atoms in total. The van der Waals surface area contributed by atoms with Gasteiger partial charge < -0.3 is 5.32 Å². The van der Waals surface area contributed by atoms with E-state index in [4.69, 9.17) is 11.6 Å². The lowest BCUT2D eigenvalue weighted by molar-refractivity contribution is -0.116. The molecule has 0 aliphatic heterocycles. The van der Waals surface area contributed by atoms with E-state index in [2.05, 4.69) is 21.2 Å². The first kappa shape index (κ1) is 14.5. The topological polar surface area (TPSA) is 29.1 Å². The average molecular weight is 319 g/mol. The highest BCUT2D eigenvalue weighted by atomic mass is 79.9. The van der Waals surface area contributed by atoms with Crippen molar-refractivity contribution in [2.45, 2.75) is 33.1 Å². The van der Waals surface area contributed by atoms with Gasteiger partial charge in [0.2, 0.25) is 5.91 Å². The van der Waals surface area contributed by atoms with Gasteiger partial charge >= 0.3 is 0 Å². The standard InChI is InChI=1S/C13H17BrClNO/c1-9-7-11(8-10(2)13(9)14)16-12(17)5-3-4-6-15/h7-8H,3-6H2,1-2H3,(H,16,17). The second-order valence-electron chi connectivity index (χ2n) is 4.12. The van der Waals surface area contributed by atoms with Gasteiger partial charge in [0.1, 0.15) is 0 Å². The van der Waals surface area contributed by atoms with Gasteiger partial charge in [-0.15, -0.1) is 11.6 Å². The molecule has 0 bridgehead atoms. The molecule has 17 heavy (non-hydrogen) atoms. The molecule has 1 rings (SSSR count). The first-order chi connectivity index (χ1) is 8.04. The Balaban J connectivity index is 2.60. The summed E-state index contributed by atoms with van der Waals surface area (Å²) < 4.78 is 1.10. The molecule has 0 unspecified atom stereocenters. The summed E-state index contributed by atoms with van der Waals surface area (Å²) >= 11 is 9.07. The van der Waals surface area contributed by atoms with Crippen LogP contribution in [0.15, 0.2) is 16.6 Å². The predicted octanol–water partition coefficient (Wildman–Crippen LogP) is 4.41. The van der Waals surface area contributed by atoms with Crippen molar-refractivity contribution in [3.63, 3.8) is 0 Å². The van der Waals surface area contributed by atoms with Crippen molar-refractivity contribution in [1.82, 2.24) is 0 Å². The minimum atomic E-state index is 0.0521. The largest absolute Gasteiger partial charge is 0.326 e. The van der Waals surface area contributed by atoms with Crippen molar-refractivity contribution in [2.75, 3.05) is 11.2 Å². The summed E-state index contributed by atoms with van der Waals surface area (Å²) in [7, 11) is 0. The number of carbonyl (C=O) groups excluding carboxylic acids is 1. The number of halogens is 2. The Morgan fingerprint density at radius 1 is 1.29 bits per heavy atom. The van der Waals surface area contributed by atoms with Gasteiger partial charge in [-0.2, -0.15) is 0 Å². The highest BCUT2D eigenvalue weighted by molar-refractivity contribution is 9.10. The summed E-state index contributed by atoms with van der Waals surface area (Å²) in [4.78, 5) is 11.6. The summed E-state index contributed by atoms with van der Waals surface area (Å²) in [5.41, 5.74) is 3.11. The van der Waals surface area contributed by atoms with Gasteiger partial charge in [-0.05, 0) is 49.9 Å². The fourth-order valence-electron chi connectivity index (χ4n) is 1.62. The molecule has 1 aromatic rings. The van der Waals surface area contributed by atoms with Gasteiger partial charge in [-0.1, -0.05) is 15.9 Å². The highest BCUT2D eigenvalue weighted by Crippen LogP contribution is 2.25. The number of anilines is 1. The maximum absolute atomic E-state index is 11.6. The van der Waals surface area contributed by atoms with E-state index in [-0.39, 0.29) is 5.91 Å². The zero-order valence-corrected chi connectivity index (χ0v) is 12.5. The Kier molecular flexibility index (Phi) is 6.00. The first-order valence-electron chi connectivity index (χ1n) is 5.67. The normalized spacial score (nSPS) is 10.4. The molecule has 0 aliphatic rings. The Morgan fingerprint density at radius 3 is 2.41 bits per heavy atom. The van der Waals surface area contributed by atoms with Gasteiger partial charge in [0.15, 0.2) is 0 Å². The molecule has 0 aromatic heterocycles. The Morgan fingerprint density at radius 2 is 1.88 bits per heavy atom. The van der Waals surface area contributed by atoms with Crippen LogP contribution in [0.1, 0.15) is 30.4 Å². The predicted molar refractivity (Wildman–Crippen MR) is 76.8 cm³/mol. The van der Waals surface area contributed by atoms with E-state index in [1.807, 2.05) is 26.0 Å². The number of alkyl halides is 1. The summed E-state index contributed by atoms with van der Waals surface area (Å²) in [5.74, 6) is 0.667. The van der Waals surface area contributed by atoms with Gasteiger partial charge in [0.25, 0.3) is 0 Å². The third-order valence-corrected chi connectivity index (χ3v) is 4.03.